The third-order valence-electron chi connectivity index (χ3n) is 3.21. The Morgan fingerprint density at radius 3 is 2.33 bits per heavy atom. The van der Waals surface area contributed by atoms with Crippen molar-refractivity contribution in [2.24, 2.45) is 0 Å². The van der Waals surface area contributed by atoms with E-state index in [2.05, 4.69) is 19.1 Å². The molecule has 0 radical (unpaired) electrons. The summed E-state index contributed by atoms with van der Waals surface area (Å²) in [6, 6.07) is 14.9. The fraction of sp³-hybridized carbons (Fsp3) is 0.250. The molecule has 1 atom stereocenters. The minimum absolute atomic E-state index is 0.197. The fourth-order valence-electron chi connectivity index (χ4n) is 2.20. The lowest BCUT2D eigenvalue weighted by Crippen LogP contribution is -2.06. The van der Waals surface area contributed by atoms with Crippen LogP contribution < -0.4 is 0 Å². The van der Waals surface area contributed by atoms with Gasteiger partial charge in [0, 0.05) is 11.8 Å². The molecule has 2 aromatic carbocycles. The van der Waals surface area contributed by atoms with Crippen molar-refractivity contribution in [3.8, 4) is 0 Å². The smallest absolute Gasteiger partial charge is 0.123 e. The highest BCUT2D eigenvalue weighted by Crippen LogP contribution is 2.25. The molecule has 2 aromatic rings. The maximum Gasteiger partial charge on any atom is 0.123 e. The standard InChI is InChI=1S/C16H16ClF/c1-12-4-2-3-5-16(12)14(11-17)10-13-6-8-15(18)9-7-13/h2-9,14H,10-11H2,1H3. The van der Waals surface area contributed by atoms with Gasteiger partial charge in [0.25, 0.3) is 0 Å². The van der Waals surface area contributed by atoms with E-state index in [9.17, 15) is 4.39 Å². The lowest BCUT2D eigenvalue weighted by atomic mass is 9.90. The quantitative estimate of drug-likeness (QED) is 0.701. The van der Waals surface area contributed by atoms with Crippen molar-refractivity contribution in [3.63, 3.8) is 0 Å². The van der Waals surface area contributed by atoms with Crippen LogP contribution in [0, 0.1) is 12.7 Å². The molecule has 94 valence electrons. The topological polar surface area (TPSA) is 0 Å². The van der Waals surface area contributed by atoms with Gasteiger partial charge in [-0.2, -0.15) is 0 Å². The summed E-state index contributed by atoms with van der Waals surface area (Å²) in [4.78, 5) is 0. The van der Waals surface area contributed by atoms with E-state index in [0.717, 1.165) is 12.0 Å². The summed E-state index contributed by atoms with van der Waals surface area (Å²) in [5.74, 6) is 0.651. The molecule has 0 aliphatic carbocycles. The molecule has 0 saturated carbocycles. The lowest BCUT2D eigenvalue weighted by Gasteiger charge is -2.17. The van der Waals surface area contributed by atoms with Gasteiger partial charge >= 0.3 is 0 Å². The van der Waals surface area contributed by atoms with Gasteiger partial charge in [-0.15, -0.1) is 11.6 Å². The number of hydrogen-bond donors (Lipinski definition) is 0. The van der Waals surface area contributed by atoms with Gasteiger partial charge in [-0.25, -0.2) is 4.39 Å². The number of hydrogen-bond acceptors (Lipinski definition) is 0. The van der Waals surface area contributed by atoms with E-state index >= 15 is 0 Å². The van der Waals surface area contributed by atoms with Gasteiger partial charge in [-0.3, -0.25) is 0 Å². The Labute approximate surface area is 112 Å². The Kier molecular flexibility index (Phi) is 4.38. The van der Waals surface area contributed by atoms with Crippen LogP contribution in [-0.2, 0) is 6.42 Å². The van der Waals surface area contributed by atoms with Crippen LogP contribution in [0.5, 0.6) is 0 Å². The van der Waals surface area contributed by atoms with Gasteiger partial charge in [-0.05, 0) is 42.2 Å². The zero-order valence-electron chi connectivity index (χ0n) is 10.4. The zero-order chi connectivity index (χ0) is 13.0. The highest BCUT2D eigenvalue weighted by Gasteiger charge is 2.13. The summed E-state index contributed by atoms with van der Waals surface area (Å²) in [6.45, 7) is 2.10. The molecule has 0 spiro atoms. The molecule has 0 heterocycles. The Hall–Kier alpha value is -1.34. The molecular weight excluding hydrogens is 247 g/mol. The minimum Gasteiger partial charge on any atom is -0.207 e. The van der Waals surface area contributed by atoms with E-state index in [1.165, 1.54) is 23.3 Å². The van der Waals surface area contributed by atoms with Gasteiger partial charge in [0.1, 0.15) is 5.82 Å². The molecule has 0 nitrogen and oxygen atoms in total. The van der Waals surface area contributed by atoms with Crippen molar-refractivity contribution in [2.75, 3.05) is 5.88 Å². The highest BCUT2D eigenvalue weighted by atomic mass is 35.5. The van der Waals surface area contributed by atoms with Crippen molar-refractivity contribution in [3.05, 3.63) is 71.0 Å². The summed E-state index contributed by atoms with van der Waals surface area (Å²) in [7, 11) is 0. The molecule has 18 heavy (non-hydrogen) atoms. The fourth-order valence-corrected chi connectivity index (χ4v) is 2.47. The molecule has 0 bridgehead atoms. The molecule has 0 saturated heterocycles. The molecular formula is C16H16ClF. The van der Waals surface area contributed by atoms with Gasteiger partial charge in [-0.1, -0.05) is 36.4 Å². The van der Waals surface area contributed by atoms with Crippen LogP contribution in [0.3, 0.4) is 0 Å². The van der Waals surface area contributed by atoms with E-state index in [-0.39, 0.29) is 11.7 Å². The number of aryl methyl sites for hydroxylation is 1. The zero-order valence-corrected chi connectivity index (χ0v) is 11.1. The molecule has 0 aliphatic heterocycles. The van der Waals surface area contributed by atoms with Crippen LogP contribution in [0.15, 0.2) is 48.5 Å². The Balaban J connectivity index is 2.20. The van der Waals surface area contributed by atoms with Crippen LogP contribution in [-0.4, -0.2) is 5.88 Å². The van der Waals surface area contributed by atoms with E-state index in [0.29, 0.717) is 5.88 Å². The molecule has 0 aliphatic rings. The first-order valence-corrected chi connectivity index (χ1v) is 6.60. The van der Waals surface area contributed by atoms with Crippen LogP contribution in [0.2, 0.25) is 0 Å². The second-order valence-electron chi connectivity index (χ2n) is 4.54. The van der Waals surface area contributed by atoms with Crippen LogP contribution in [0.1, 0.15) is 22.6 Å². The predicted octanol–water partition coefficient (Wildman–Crippen LogP) is 4.70. The summed E-state index contributed by atoms with van der Waals surface area (Å²) in [6.07, 6.45) is 0.842. The lowest BCUT2D eigenvalue weighted by molar-refractivity contribution is 0.626. The minimum atomic E-state index is -0.197. The maximum atomic E-state index is 12.9. The Morgan fingerprint density at radius 2 is 1.72 bits per heavy atom. The maximum absolute atomic E-state index is 12.9. The normalized spacial score (nSPS) is 12.4. The number of halogens is 2. The first-order chi connectivity index (χ1) is 8.70. The van der Waals surface area contributed by atoms with E-state index in [1.54, 1.807) is 0 Å². The monoisotopic (exact) mass is 262 g/mol. The third kappa shape index (κ3) is 3.11. The molecule has 0 fully saturated rings. The molecule has 2 rings (SSSR count). The highest BCUT2D eigenvalue weighted by molar-refractivity contribution is 6.18. The van der Waals surface area contributed by atoms with E-state index in [1.807, 2.05) is 24.3 Å². The van der Waals surface area contributed by atoms with Crippen molar-refractivity contribution in [2.45, 2.75) is 19.3 Å². The Morgan fingerprint density at radius 1 is 1.06 bits per heavy atom. The summed E-state index contributed by atoms with van der Waals surface area (Å²) in [5.41, 5.74) is 3.65. The summed E-state index contributed by atoms with van der Waals surface area (Å²) < 4.78 is 12.9. The molecule has 0 amide bonds. The van der Waals surface area contributed by atoms with Gasteiger partial charge in [0.05, 0.1) is 0 Å². The van der Waals surface area contributed by atoms with Crippen LogP contribution in [0.4, 0.5) is 4.39 Å². The molecule has 1 unspecified atom stereocenters. The molecule has 0 aromatic heterocycles. The van der Waals surface area contributed by atoms with Crippen molar-refractivity contribution < 1.29 is 4.39 Å². The first-order valence-electron chi connectivity index (χ1n) is 6.06. The average molecular weight is 263 g/mol. The number of rotatable bonds is 4. The molecule has 2 heteroatoms. The largest absolute Gasteiger partial charge is 0.207 e. The van der Waals surface area contributed by atoms with Crippen molar-refractivity contribution in [1.29, 1.82) is 0 Å². The number of alkyl halides is 1. The van der Waals surface area contributed by atoms with E-state index in [4.69, 9.17) is 11.6 Å². The van der Waals surface area contributed by atoms with Crippen LogP contribution in [0.25, 0.3) is 0 Å². The summed E-state index contributed by atoms with van der Waals surface area (Å²) >= 11 is 6.08. The SMILES string of the molecule is Cc1ccccc1C(CCl)Cc1ccc(F)cc1. The summed E-state index contributed by atoms with van der Waals surface area (Å²) in [5, 5.41) is 0. The van der Waals surface area contributed by atoms with Crippen LogP contribution >= 0.6 is 11.6 Å². The third-order valence-corrected chi connectivity index (χ3v) is 3.58. The van der Waals surface area contributed by atoms with Gasteiger partial charge in [0.2, 0.25) is 0 Å². The van der Waals surface area contributed by atoms with Gasteiger partial charge in [0.15, 0.2) is 0 Å². The number of benzene rings is 2. The second kappa shape index (κ2) is 6.01. The van der Waals surface area contributed by atoms with Crippen molar-refractivity contribution in [1.82, 2.24) is 0 Å². The second-order valence-corrected chi connectivity index (χ2v) is 4.85. The Bertz CT molecular complexity index is 505. The average Bonchev–Trinajstić information content (AvgIpc) is 2.39. The predicted molar refractivity (Wildman–Crippen MR) is 74.7 cm³/mol. The van der Waals surface area contributed by atoms with E-state index < -0.39 is 0 Å². The first kappa shape index (κ1) is 13.1. The van der Waals surface area contributed by atoms with Gasteiger partial charge < -0.3 is 0 Å². The molecule has 0 N–H and O–H groups in total. The van der Waals surface area contributed by atoms with Crippen molar-refractivity contribution >= 4 is 11.6 Å².